The summed E-state index contributed by atoms with van der Waals surface area (Å²) in [5.41, 5.74) is -0.203. The first-order chi connectivity index (χ1) is 9.45. The highest BCUT2D eigenvalue weighted by Gasteiger charge is 2.37. The quantitative estimate of drug-likeness (QED) is 0.903. The molecule has 20 heavy (non-hydrogen) atoms. The predicted octanol–water partition coefficient (Wildman–Crippen LogP) is 2.31. The second-order valence-electron chi connectivity index (χ2n) is 5.51. The van der Waals surface area contributed by atoms with Gasteiger partial charge in [-0.3, -0.25) is 9.48 Å². The number of carbonyl (C=O) groups excluding carboxylic acids is 1. The lowest BCUT2D eigenvalue weighted by molar-refractivity contribution is -0.141. The molecule has 4 nitrogen and oxygen atoms in total. The van der Waals surface area contributed by atoms with Gasteiger partial charge in [-0.1, -0.05) is 0 Å². The average Bonchev–Trinajstić information content (AvgIpc) is 3.26. The highest BCUT2D eigenvalue weighted by molar-refractivity contribution is 5.80. The van der Waals surface area contributed by atoms with E-state index in [4.69, 9.17) is 0 Å². The number of carbonyl (C=O) groups is 1. The minimum atomic E-state index is -4.41. The van der Waals surface area contributed by atoms with Crippen molar-refractivity contribution in [3.8, 4) is 0 Å². The fourth-order valence-electron chi connectivity index (χ4n) is 2.23. The molecule has 0 spiro atoms. The summed E-state index contributed by atoms with van der Waals surface area (Å²) in [6, 6.07) is 1.14. The summed E-state index contributed by atoms with van der Waals surface area (Å²) in [6.45, 7) is 0.619. The van der Waals surface area contributed by atoms with Crippen LogP contribution in [0, 0.1) is 5.92 Å². The molecule has 110 valence electrons. The first-order valence-electron chi connectivity index (χ1n) is 6.88. The summed E-state index contributed by atoms with van der Waals surface area (Å²) in [5.74, 6) is 0.306. The molecule has 0 saturated heterocycles. The van der Waals surface area contributed by atoms with E-state index in [1.807, 2.05) is 0 Å². The normalized spacial score (nSPS) is 19.1. The van der Waals surface area contributed by atoms with Gasteiger partial charge in [0.15, 0.2) is 5.69 Å². The van der Waals surface area contributed by atoms with Gasteiger partial charge in [-0.25, -0.2) is 0 Å². The second-order valence-corrected chi connectivity index (χ2v) is 5.51. The van der Waals surface area contributed by atoms with Crippen molar-refractivity contribution in [1.29, 1.82) is 0 Å². The van der Waals surface area contributed by atoms with Gasteiger partial charge in [0.25, 0.3) is 0 Å². The van der Waals surface area contributed by atoms with Crippen LogP contribution in [0.4, 0.5) is 13.2 Å². The maximum absolute atomic E-state index is 12.7. The molecule has 2 aliphatic rings. The zero-order valence-electron chi connectivity index (χ0n) is 10.9. The van der Waals surface area contributed by atoms with Crippen LogP contribution in [0.1, 0.15) is 43.0 Å². The van der Waals surface area contributed by atoms with Gasteiger partial charge in [0.05, 0.1) is 6.54 Å². The van der Waals surface area contributed by atoms with E-state index in [0.29, 0.717) is 18.8 Å². The van der Waals surface area contributed by atoms with Crippen molar-refractivity contribution in [3.63, 3.8) is 0 Å². The molecule has 2 saturated carbocycles. The number of hydrogen-bond acceptors (Lipinski definition) is 2. The lowest BCUT2D eigenvalue weighted by Gasteiger charge is -2.08. The van der Waals surface area contributed by atoms with Gasteiger partial charge in [0.1, 0.15) is 0 Å². The van der Waals surface area contributed by atoms with Crippen LogP contribution in [0.5, 0.6) is 0 Å². The van der Waals surface area contributed by atoms with Crippen LogP contribution < -0.4 is 5.32 Å². The summed E-state index contributed by atoms with van der Waals surface area (Å²) in [7, 11) is 0. The van der Waals surface area contributed by atoms with Crippen molar-refractivity contribution in [1.82, 2.24) is 15.1 Å². The number of nitrogens with one attached hydrogen (secondary N) is 1. The Morgan fingerprint density at radius 2 is 2.05 bits per heavy atom. The zero-order valence-corrected chi connectivity index (χ0v) is 10.9. The van der Waals surface area contributed by atoms with E-state index in [1.54, 1.807) is 0 Å². The first-order valence-corrected chi connectivity index (χ1v) is 6.88. The van der Waals surface area contributed by atoms with Crippen LogP contribution in [-0.2, 0) is 17.5 Å². The van der Waals surface area contributed by atoms with Gasteiger partial charge in [0, 0.05) is 24.1 Å². The van der Waals surface area contributed by atoms with Gasteiger partial charge in [-0.2, -0.15) is 18.3 Å². The fraction of sp³-hybridized carbons (Fsp3) is 0.692. The van der Waals surface area contributed by atoms with Crippen LogP contribution >= 0.6 is 0 Å². The number of aromatic nitrogens is 2. The van der Waals surface area contributed by atoms with E-state index >= 15 is 0 Å². The maximum Gasteiger partial charge on any atom is 0.435 e. The smallest absolute Gasteiger partial charge is 0.354 e. The fourth-order valence-corrected chi connectivity index (χ4v) is 2.23. The molecule has 1 amide bonds. The highest BCUT2D eigenvalue weighted by Crippen LogP contribution is 2.42. The Labute approximate surface area is 114 Å². The molecule has 0 bridgehead atoms. The molecule has 2 aliphatic carbocycles. The van der Waals surface area contributed by atoms with Crippen molar-refractivity contribution in [3.05, 3.63) is 17.5 Å². The highest BCUT2D eigenvalue weighted by atomic mass is 19.4. The van der Waals surface area contributed by atoms with Gasteiger partial charge in [0.2, 0.25) is 5.91 Å². The van der Waals surface area contributed by atoms with Crippen molar-refractivity contribution >= 4 is 5.91 Å². The Morgan fingerprint density at radius 1 is 1.35 bits per heavy atom. The van der Waals surface area contributed by atoms with E-state index in [9.17, 15) is 18.0 Å². The van der Waals surface area contributed by atoms with Crippen molar-refractivity contribution in [2.45, 2.75) is 44.3 Å². The average molecular weight is 287 g/mol. The standard InChI is InChI=1S/C13H16F3N3O/c14-13(15,16)11-7-10(8-1-2-8)19(18-11)6-5-17-12(20)9-3-4-9/h7-9H,1-6H2,(H,17,20). The monoisotopic (exact) mass is 287 g/mol. The SMILES string of the molecule is O=C(NCCn1nc(C(F)(F)F)cc1C1CC1)C1CC1. The van der Waals surface area contributed by atoms with Crippen LogP contribution in [0.15, 0.2) is 6.07 Å². The van der Waals surface area contributed by atoms with Crippen LogP contribution in [0.2, 0.25) is 0 Å². The van der Waals surface area contributed by atoms with E-state index < -0.39 is 11.9 Å². The minimum absolute atomic E-state index is 0.00109. The molecule has 1 N–H and O–H groups in total. The second kappa shape index (κ2) is 4.79. The lowest BCUT2D eigenvalue weighted by atomic mass is 10.2. The molecule has 7 heteroatoms. The topological polar surface area (TPSA) is 46.9 Å². The number of amides is 1. The number of rotatable bonds is 5. The molecular weight excluding hydrogens is 271 g/mol. The van der Waals surface area contributed by atoms with E-state index in [2.05, 4.69) is 10.4 Å². The third-order valence-corrected chi connectivity index (χ3v) is 3.67. The van der Waals surface area contributed by atoms with Crippen LogP contribution in [0.3, 0.4) is 0 Å². The molecule has 1 aromatic heterocycles. The molecule has 0 aliphatic heterocycles. The molecule has 1 aromatic rings. The minimum Gasteiger partial charge on any atom is -0.354 e. The van der Waals surface area contributed by atoms with Crippen molar-refractivity contribution in [2.75, 3.05) is 6.54 Å². The maximum atomic E-state index is 12.7. The number of halogens is 3. The Bertz CT molecular complexity index is 515. The number of alkyl halides is 3. The summed E-state index contributed by atoms with van der Waals surface area (Å²) < 4.78 is 39.4. The summed E-state index contributed by atoms with van der Waals surface area (Å²) in [4.78, 5) is 11.5. The Balaban J connectivity index is 1.64. The number of hydrogen-bond donors (Lipinski definition) is 1. The Kier molecular flexibility index (Phi) is 3.22. The van der Waals surface area contributed by atoms with E-state index in [1.165, 1.54) is 4.68 Å². The molecular formula is C13H16F3N3O. The summed E-state index contributed by atoms with van der Waals surface area (Å²) >= 11 is 0. The number of nitrogens with zero attached hydrogens (tertiary/aromatic N) is 2. The third kappa shape index (κ3) is 2.96. The van der Waals surface area contributed by atoms with Crippen LogP contribution in [-0.4, -0.2) is 22.2 Å². The molecule has 2 fully saturated rings. The van der Waals surface area contributed by atoms with Gasteiger partial charge in [-0.15, -0.1) is 0 Å². The summed E-state index contributed by atoms with van der Waals surface area (Å²) in [5, 5.41) is 6.39. The van der Waals surface area contributed by atoms with E-state index in [-0.39, 0.29) is 17.7 Å². The molecule has 3 rings (SSSR count). The van der Waals surface area contributed by atoms with Gasteiger partial charge < -0.3 is 5.32 Å². The Morgan fingerprint density at radius 3 is 2.60 bits per heavy atom. The van der Waals surface area contributed by atoms with Gasteiger partial charge >= 0.3 is 6.18 Å². The molecule has 0 unspecified atom stereocenters. The molecule has 0 aromatic carbocycles. The van der Waals surface area contributed by atoms with E-state index in [0.717, 1.165) is 31.7 Å². The summed E-state index contributed by atoms with van der Waals surface area (Å²) in [6.07, 6.45) is -0.751. The Hall–Kier alpha value is -1.53. The van der Waals surface area contributed by atoms with Crippen molar-refractivity contribution < 1.29 is 18.0 Å². The largest absolute Gasteiger partial charge is 0.435 e. The zero-order chi connectivity index (χ0) is 14.3. The first kappa shape index (κ1) is 13.5. The van der Waals surface area contributed by atoms with Crippen LogP contribution in [0.25, 0.3) is 0 Å². The third-order valence-electron chi connectivity index (χ3n) is 3.67. The van der Waals surface area contributed by atoms with Gasteiger partial charge in [-0.05, 0) is 31.7 Å². The van der Waals surface area contributed by atoms with Crippen molar-refractivity contribution in [2.24, 2.45) is 5.92 Å². The molecule has 0 atom stereocenters. The molecule has 1 heterocycles. The molecule has 0 radical (unpaired) electrons. The predicted molar refractivity (Wildman–Crippen MR) is 64.9 cm³/mol. The lowest BCUT2D eigenvalue weighted by Crippen LogP contribution is -2.29.